The van der Waals surface area contributed by atoms with Gasteiger partial charge in [0.05, 0.1) is 12.5 Å². The van der Waals surface area contributed by atoms with Crippen molar-refractivity contribution in [2.24, 2.45) is 0 Å². The van der Waals surface area contributed by atoms with Gasteiger partial charge in [-0.1, -0.05) is 30.3 Å². The minimum Gasteiger partial charge on any atom is -0.492 e. The fourth-order valence-electron chi connectivity index (χ4n) is 2.96. The van der Waals surface area contributed by atoms with Gasteiger partial charge in [0.2, 0.25) is 0 Å². The molecule has 0 aromatic heterocycles. The topological polar surface area (TPSA) is 39.5 Å². The summed E-state index contributed by atoms with van der Waals surface area (Å²) in [7, 11) is 0. The Balaban J connectivity index is 1.38. The van der Waals surface area contributed by atoms with E-state index < -0.39 is 0 Å². The van der Waals surface area contributed by atoms with Gasteiger partial charge in [-0.05, 0) is 29.8 Å². The van der Waals surface area contributed by atoms with Gasteiger partial charge in [-0.3, -0.25) is 4.90 Å². The van der Waals surface area contributed by atoms with Crippen molar-refractivity contribution < 1.29 is 4.74 Å². The smallest absolute Gasteiger partial charge is 0.119 e. The van der Waals surface area contributed by atoms with E-state index in [1.54, 1.807) is 0 Å². The van der Waals surface area contributed by atoms with Crippen LogP contribution in [0.15, 0.2) is 54.6 Å². The zero-order chi connectivity index (χ0) is 16.6. The van der Waals surface area contributed by atoms with Crippen molar-refractivity contribution in [3.8, 4) is 11.8 Å². The van der Waals surface area contributed by atoms with Gasteiger partial charge in [0.15, 0.2) is 0 Å². The van der Waals surface area contributed by atoms with Crippen molar-refractivity contribution in [2.45, 2.75) is 6.42 Å². The Morgan fingerprint density at radius 2 is 1.62 bits per heavy atom. The summed E-state index contributed by atoms with van der Waals surface area (Å²) in [5, 5.41) is 8.68. The molecule has 0 spiro atoms. The minimum absolute atomic E-state index is 0.450. The molecule has 3 rings (SSSR count). The van der Waals surface area contributed by atoms with E-state index in [9.17, 15) is 0 Å². The van der Waals surface area contributed by atoms with Crippen molar-refractivity contribution >= 4 is 5.69 Å². The van der Waals surface area contributed by atoms with E-state index in [1.807, 2.05) is 24.3 Å². The zero-order valence-corrected chi connectivity index (χ0v) is 13.9. The van der Waals surface area contributed by atoms with Gasteiger partial charge < -0.3 is 9.64 Å². The van der Waals surface area contributed by atoms with E-state index in [4.69, 9.17) is 10.00 Å². The summed E-state index contributed by atoms with van der Waals surface area (Å²) in [6.45, 7) is 5.91. The van der Waals surface area contributed by atoms with Crippen LogP contribution >= 0.6 is 0 Å². The molecule has 1 aliphatic heterocycles. The van der Waals surface area contributed by atoms with Crippen LogP contribution in [-0.2, 0) is 6.42 Å². The van der Waals surface area contributed by atoms with Crippen LogP contribution in [0, 0.1) is 11.3 Å². The second kappa shape index (κ2) is 8.37. The second-order valence-electron chi connectivity index (χ2n) is 5.99. The van der Waals surface area contributed by atoms with Crippen LogP contribution in [0.2, 0.25) is 0 Å². The largest absolute Gasteiger partial charge is 0.492 e. The lowest BCUT2D eigenvalue weighted by Gasteiger charge is -2.36. The summed E-state index contributed by atoms with van der Waals surface area (Å²) in [6.07, 6.45) is 0.450. The van der Waals surface area contributed by atoms with Crippen LogP contribution < -0.4 is 9.64 Å². The molecule has 0 unspecified atom stereocenters. The number of benzene rings is 2. The summed E-state index contributed by atoms with van der Waals surface area (Å²) in [5.74, 6) is 0.875. The number of rotatable bonds is 6. The highest BCUT2D eigenvalue weighted by molar-refractivity contribution is 5.46. The highest BCUT2D eigenvalue weighted by Gasteiger charge is 2.16. The van der Waals surface area contributed by atoms with Crippen LogP contribution in [0.4, 0.5) is 5.69 Å². The monoisotopic (exact) mass is 321 g/mol. The van der Waals surface area contributed by atoms with Crippen LogP contribution in [0.25, 0.3) is 0 Å². The Hall–Kier alpha value is -2.51. The van der Waals surface area contributed by atoms with Gasteiger partial charge in [0.25, 0.3) is 0 Å². The maximum absolute atomic E-state index is 8.68. The van der Waals surface area contributed by atoms with Gasteiger partial charge in [0.1, 0.15) is 12.4 Å². The molecule has 0 bridgehead atoms. The summed E-state index contributed by atoms with van der Waals surface area (Å²) in [4.78, 5) is 4.88. The Kier molecular flexibility index (Phi) is 5.70. The Bertz CT molecular complexity index is 656. The first kappa shape index (κ1) is 16.4. The first-order chi connectivity index (χ1) is 11.8. The number of anilines is 1. The summed E-state index contributed by atoms with van der Waals surface area (Å²) >= 11 is 0. The third-order valence-corrected chi connectivity index (χ3v) is 4.38. The number of nitriles is 1. The predicted molar refractivity (Wildman–Crippen MR) is 96.3 cm³/mol. The van der Waals surface area contributed by atoms with Crippen molar-refractivity contribution in [3.63, 3.8) is 0 Å². The number of nitrogens with zero attached hydrogens (tertiary/aromatic N) is 3. The molecule has 0 atom stereocenters. The molecule has 0 amide bonds. The number of piperazine rings is 1. The van der Waals surface area contributed by atoms with Crippen molar-refractivity contribution in [1.82, 2.24) is 4.90 Å². The molecular weight excluding hydrogens is 298 g/mol. The normalized spacial score (nSPS) is 15.0. The highest BCUT2D eigenvalue weighted by Crippen LogP contribution is 2.16. The van der Waals surface area contributed by atoms with Crippen LogP contribution in [0.5, 0.6) is 5.75 Å². The van der Waals surface area contributed by atoms with Crippen LogP contribution in [0.3, 0.4) is 0 Å². The average molecular weight is 321 g/mol. The highest BCUT2D eigenvalue weighted by atomic mass is 16.5. The van der Waals surface area contributed by atoms with E-state index in [0.717, 1.165) is 44.0 Å². The molecule has 1 fully saturated rings. The molecule has 0 radical (unpaired) electrons. The number of ether oxygens (including phenoxy) is 1. The fourth-order valence-corrected chi connectivity index (χ4v) is 2.96. The molecule has 0 saturated carbocycles. The van der Waals surface area contributed by atoms with E-state index in [0.29, 0.717) is 13.0 Å². The SMILES string of the molecule is N#CCc1ccc(OCCN2CCN(c3ccccc3)CC2)cc1. The number of hydrogen-bond donors (Lipinski definition) is 0. The van der Waals surface area contributed by atoms with Crippen molar-refractivity contribution in [3.05, 3.63) is 60.2 Å². The van der Waals surface area contributed by atoms with E-state index in [2.05, 4.69) is 46.2 Å². The first-order valence-corrected chi connectivity index (χ1v) is 8.46. The Morgan fingerprint density at radius 3 is 2.29 bits per heavy atom. The molecule has 0 N–H and O–H groups in total. The Labute approximate surface area is 143 Å². The summed E-state index contributed by atoms with van der Waals surface area (Å²) in [5.41, 5.74) is 2.34. The molecule has 0 aliphatic carbocycles. The number of para-hydroxylation sites is 1. The van der Waals surface area contributed by atoms with Crippen LogP contribution in [-0.4, -0.2) is 44.2 Å². The maximum Gasteiger partial charge on any atom is 0.119 e. The maximum atomic E-state index is 8.68. The molecule has 4 heteroatoms. The second-order valence-corrected chi connectivity index (χ2v) is 5.99. The number of hydrogen-bond acceptors (Lipinski definition) is 4. The molecule has 4 nitrogen and oxygen atoms in total. The first-order valence-electron chi connectivity index (χ1n) is 8.46. The lowest BCUT2D eigenvalue weighted by atomic mass is 10.2. The van der Waals surface area contributed by atoms with Gasteiger partial charge in [-0.15, -0.1) is 0 Å². The third-order valence-electron chi connectivity index (χ3n) is 4.38. The summed E-state index contributed by atoms with van der Waals surface area (Å²) in [6, 6.07) is 20.6. The van der Waals surface area contributed by atoms with E-state index in [1.165, 1.54) is 5.69 Å². The Morgan fingerprint density at radius 1 is 0.917 bits per heavy atom. The quantitative estimate of drug-likeness (QED) is 0.820. The predicted octanol–water partition coefficient (Wildman–Crippen LogP) is 2.95. The fraction of sp³-hybridized carbons (Fsp3) is 0.350. The average Bonchev–Trinajstić information content (AvgIpc) is 2.65. The molecule has 2 aromatic carbocycles. The molecule has 1 aliphatic rings. The van der Waals surface area contributed by atoms with Gasteiger partial charge in [0, 0.05) is 38.4 Å². The van der Waals surface area contributed by atoms with Crippen LogP contribution in [0.1, 0.15) is 5.56 Å². The molecule has 24 heavy (non-hydrogen) atoms. The van der Waals surface area contributed by atoms with Gasteiger partial charge >= 0.3 is 0 Å². The summed E-state index contributed by atoms with van der Waals surface area (Å²) < 4.78 is 5.82. The standard InChI is InChI=1S/C20H23N3O/c21-11-10-18-6-8-20(9-7-18)24-17-16-22-12-14-23(15-13-22)19-4-2-1-3-5-19/h1-9H,10,12-17H2. The molecule has 1 heterocycles. The molecule has 124 valence electrons. The lowest BCUT2D eigenvalue weighted by molar-refractivity contribution is 0.200. The molecule has 2 aromatic rings. The van der Waals surface area contributed by atoms with Gasteiger partial charge in [-0.2, -0.15) is 5.26 Å². The third kappa shape index (κ3) is 4.50. The minimum atomic E-state index is 0.450. The van der Waals surface area contributed by atoms with Gasteiger partial charge in [-0.25, -0.2) is 0 Å². The van der Waals surface area contributed by atoms with Crippen molar-refractivity contribution in [2.75, 3.05) is 44.2 Å². The van der Waals surface area contributed by atoms with Crippen molar-refractivity contribution in [1.29, 1.82) is 5.26 Å². The molecule has 1 saturated heterocycles. The van der Waals surface area contributed by atoms with E-state index in [-0.39, 0.29) is 0 Å². The zero-order valence-electron chi connectivity index (χ0n) is 13.9. The van der Waals surface area contributed by atoms with E-state index >= 15 is 0 Å². The molecular formula is C20H23N3O. The lowest BCUT2D eigenvalue weighted by Crippen LogP contribution is -2.47.